The van der Waals surface area contributed by atoms with E-state index in [2.05, 4.69) is 16.0 Å². The summed E-state index contributed by atoms with van der Waals surface area (Å²) in [5, 5.41) is 11.9. The summed E-state index contributed by atoms with van der Waals surface area (Å²) in [5.74, 6) is -0.267. The van der Waals surface area contributed by atoms with Gasteiger partial charge in [0.05, 0.1) is 6.04 Å². The van der Waals surface area contributed by atoms with Crippen molar-refractivity contribution in [3.63, 3.8) is 0 Å². The number of aromatic nitrogens is 3. The molecular formula is C19H22N4O3. The standard InChI is InChI=1S/C19H22N4O3/c1-10(2)23-18(25)14(17(24)21-19(23)26)16-15-12(8-9-22(16)3)11-6-4-5-7-13(11)20-15/h4-7,10,16,20,25H,8-9H2,1-3H3,(H,21,24,26). The lowest BCUT2D eigenvalue weighted by Crippen LogP contribution is -2.40. The van der Waals surface area contributed by atoms with E-state index >= 15 is 0 Å². The predicted octanol–water partition coefficient (Wildman–Crippen LogP) is 1.88. The number of nitrogens with one attached hydrogen (secondary N) is 2. The van der Waals surface area contributed by atoms with Crippen LogP contribution < -0.4 is 11.2 Å². The number of aromatic hydroxyl groups is 1. The number of likely N-dealkylation sites (N-methyl/N-ethyl adjacent to an activating group) is 1. The van der Waals surface area contributed by atoms with Crippen molar-refractivity contribution in [3.05, 3.63) is 61.9 Å². The lowest BCUT2D eigenvalue weighted by molar-refractivity contribution is 0.248. The van der Waals surface area contributed by atoms with E-state index in [1.54, 1.807) is 13.8 Å². The Hall–Kier alpha value is -2.80. The molecule has 0 fully saturated rings. The molecule has 0 bridgehead atoms. The average molecular weight is 354 g/mol. The highest BCUT2D eigenvalue weighted by molar-refractivity contribution is 5.85. The van der Waals surface area contributed by atoms with Gasteiger partial charge < -0.3 is 10.1 Å². The number of hydrogen-bond donors (Lipinski definition) is 3. The van der Waals surface area contributed by atoms with E-state index in [4.69, 9.17) is 0 Å². The van der Waals surface area contributed by atoms with Crippen molar-refractivity contribution < 1.29 is 5.11 Å². The van der Waals surface area contributed by atoms with Crippen LogP contribution >= 0.6 is 0 Å². The van der Waals surface area contributed by atoms with Crippen molar-refractivity contribution in [2.75, 3.05) is 13.6 Å². The lowest BCUT2D eigenvalue weighted by atomic mass is 9.93. The second-order valence-electron chi connectivity index (χ2n) is 7.16. The summed E-state index contributed by atoms with van der Waals surface area (Å²) in [5.41, 5.74) is 2.12. The molecule has 3 N–H and O–H groups in total. The van der Waals surface area contributed by atoms with Gasteiger partial charge in [0.15, 0.2) is 0 Å². The zero-order chi connectivity index (χ0) is 18.6. The Bertz CT molecular complexity index is 1110. The van der Waals surface area contributed by atoms with Gasteiger partial charge in [0, 0.05) is 29.2 Å². The monoisotopic (exact) mass is 354 g/mol. The molecule has 1 aliphatic heterocycles. The minimum Gasteiger partial charge on any atom is -0.494 e. The van der Waals surface area contributed by atoms with Gasteiger partial charge >= 0.3 is 5.69 Å². The van der Waals surface area contributed by atoms with Crippen molar-refractivity contribution in [1.29, 1.82) is 0 Å². The Morgan fingerprint density at radius 1 is 1.19 bits per heavy atom. The maximum atomic E-state index is 12.6. The molecule has 0 amide bonds. The normalized spacial score (nSPS) is 17.8. The summed E-state index contributed by atoms with van der Waals surface area (Å²) in [4.78, 5) is 32.6. The van der Waals surface area contributed by atoms with Crippen LogP contribution in [0, 0.1) is 0 Å². The average Bonchev–Trinajstić information content (AvgIpc) is 2.94. The highest BCUT2D eigenvalue weighted by atomic mass is 16.3. The molecule has 7 nitrogen and oxygen atoms in total. The fourth-order valence-electron chi connectivity index (χ4n) is 4.00. The summed E-state index contributed by atoms with van der Waals surface area (Å²) in [6.07, 6.45) is 0.856. The highest BCUT2D eigenvalue weighted by Crippen LogP contribution is 2.38. The molecule has 3 heterocycles. The fraction of sp³-hybridized carbons (Fsp3) is 0.368. The Morgan fingerprint density at radius 2 is 1.92 bits per heavy atom. The van der Waals surface area contributed by atoms with Crippen LogP contribution in [0.4, 0.5) is 0 Å². The minimum absolute atomic E-state index is 0.202. The van der Waals surface area contributed by atoms with Crippen LogP contribution in [0.5, 0.6) is 5.88 Å². The van der Waals surface area contributed by atoms with Crippen LogP contribution in [0.25, 0.3) is 10.9 Å². The topological polar surface area (TPSA) is 94.1 Å². The van der Waals surface area contributed by atoms with E-state index < -0.39 is 17.3 Å². The number of H-pyrrole nitrogens is 2. The first-order valence-corrected chi connectivity index (χ1v) is 8.77. The molecule has 1 aliphatic rings. The smallest absolute Gasteiger partial charge is 0.331 e. The van der Waals surface area contributed by atoms with Crippen LogP contribution in [-0.4, -0.2) is 38.1 Å². The Morgan fingerprint density at radius 3 is 2.65 bits per heavy atom. The van der Waals surface area contributed by atoms with Gasteiger partial charge in [-0.15, -0.1) is 0 Å². The fourth-order valence-corrected chi connectivity index (χ4v) is 4.00. The third-order valence-electron chi connectivity index (χ3n) is 5.22. The number of fused-ring (bicyclic) bond motifs is 3. The molecule has 2 aromatic heterocycles. The molecule has 0 radical (unpaired) electrons. The first-order valence-electron chi connectivity index (χ1n) is 8.77. The second kappa shape index (κ2) is 5.88. The van der Waals surface area contributed by atoms with Crippen molar-refractivity contribution in [2.24, 2.45) is 0 Å². The van der Waals surface area contributed by atoms with Gasteiger partial charge in [-0.2, -0.15) is 0 Å². The van der Waals surface area contributed by atoms with Crippen LogP contribution in [0.15, 0.2) is 33.9 Å². The number of hydrogen-bond acceptors (Lipinski definition) is 4. The molecule has 0 saturated carbocycles. The number of benzene rings is 1. The molecule has 1 unspecified atom stereocenters. The summed E-state index contributed by atoms with van der Waals surface area (Å²) in [7, 11) is 1.92. The SMILES string of the molecule is CC(C)n1c(O)c(C2c3[nH]c4ccccc4c3CCN2C)c(=O)[nH]c1=O. The van der Waals surface area contributed by atoms with Gasteiger partial charge in [-0.05, 0) is 38.9 Å². The van der Waals surface area contributed by atoms with Crippen molar-refractivity contribution >= 4 is 10.9 Å². The summed E-state index contributed by atoms with van der Waals surface area (Å²) in [6, 6.07) is 7.31. The van der Waals surface area contributed by atoms with Gasteiger partial charge in [0.25, 0.3) is 5.56 Å². The highest BCUT2D eigenvalue weighted by Gasteiger charge is 2.34. The van der Waals surface area contributed by atoms with E-state index in [9.17, 15) is 14.7 Å². The largest absolute Gasteiger partial charge is 0.494 e. The van der Waals surface area contributed by atoms with Gasteiger partial charge in [-0.3, -0.25) is 19.2 Å². The zero-order valence-corrected chi connectivity index (χ0v) is 15.0. The Labute approximate surface area is 149 Å². The maximum absolute atomic E-state index is 12.6. The molecule has 0 spiro atoms. The van der Waals surface area contributed by atoms with Gasteiger partial charge in [0.1, 0.15) is 5.56 Å². The minimum atomic E-state index is -0.596. The van der Waals surface area contributed by atoms with Gasteiger partial charge in [-0.25, -0.2) is 4.79 Å². The van der Waals surface area contributed by atoms with Crippen molar-refractivity contribution in [1.82, 2.24) is 19.4 Å². The molecule has 1 atom stereocenters. The first-order chi connectivity index (χ1) is 12.4. The molecule has 0 saturated heterocycles. The van der Waals surface area contributed by atoms with E-state index in [0.717, 1.165) is 35.1 Å². The number of rotatable bonds is 2. The van der Waals surface area contributed by atoms with Crippen LogP contribution in [0.1, 0.15) is 42.8 Å². The molecule has 136 valence electrons. The predicted molar refractivity (Wildman–Crippen MR) is 99.8 cm³/mol. The zero-order valence-electron chi connectivity index (χ0n) is 15.0. The lowest BCUT2D eigenvalue weighted by Gasteiger charge is -2.33. The third kappa shape index (κ3) is 2.31. The van der Waals surface area contributed by atoms with Crippen LogP contribution in [-0.2, 0) is 6.42 Å². The van der Waals surface area contributed by atoms with Gasteiger partial charge in [-0.1, -0.05) is 18.2 Å². The quantitative estimate of drug-likeness (QED) is 0.655. The Kier molecular flexibility index (Phi) is 3.77. The molecule has 0 aliphatic carbocycles. The van der Waals surface area contributed by atoms with Crippen molar-refractivity contribution in [2.45, 2.75) is 32.4 Å². The third-order valence-corrected chi connectivity index (χ3v) is 5.22. The number of para-hydroxylation sites is 1. The molecule has 3 aromatic rings. The summed E-state index contributed by atoms with van der Waals surface area (Å²) in [6.45, 7) is 4.34. The van der Waals surface area contributed by atoms with E-state index in [1.807, 2.05) is 30.1 Å². The molecular weight excluding hydrogens is 332 g/mol. The molecule has 7 heteroatoms. The Balaban J connectivity index is 2.02. The van der Waals surface area contributed by atoms with Crippen LogP contribution in [0.2, 0.25) is 0 Å². The summed E-state index contributed by atoms with van der Waals surface area (Å²) >= 11 is 0. The first kappa shape index (κ1) is 16.7. The second-order valence-corrected chi connectivity index (χ2v) is 7.16. The number of aromatic amines is 2. The van der Waals surface area contributed by atoms with Crippen LogP contribution in [0.3, 0.4) is 0 Å². The van der Waals surface area contributed by atoms with E-state index in [0.29, 0.717) is 0 Å². The molecule has 4 rings (SSSR count). The van der Waals surface area contributed by atoms with Crippen molar-refractivity contribution in [3.8, 4) is 5.88 Å². The van der Waals surface area contributed by atoms with Gasteiger partial charge in [0.2, 0.25) is 5.88 Å². The molecule has 26 heavy (non-hydrogen) atoms. The van der Waals surface area contributed by atoms with E-state index in [-0.39, 0.29) is 17.5 Å². The van der Waals surface area contributed by atoms with E-state index in [1.165, 1.54) is 4.57 Å². The maximum Gasteiger partial charge on any atom is 0.331 e. The molecule has 1 aromatic carbocycles. The summed E-state index contributed by atoms with van der Waals surface area (Å²) < 4.78 is 1.22. The number of nitrogens with zero attached hydrogens (tertiary/aromatic N) is 2.